The Morgan fingerprint density at radius 1 is 1.27 bits per heavy atom. The molecule has 1 atom stereocenters. The third-order valence-corrected chi connectivity index (χ3v) is 5.37. The molecule has 0 aliphatic rings. The Labute approximate surface area is 174 Å². The highest BCUT2D eigenvalue weighted by molar-refractivity contribution is 7.17. The molecule has 164 valence electrons. The lowest BCUT2D eigenvalue weighted by Gasteiger charge is -2.13. The zero-order valence-corrected chi connectivity index (χ0v) is 17.5. The van der Waals surface area contributed by atoms with Crippen molar-refractivity contribution >= 4 is 34.1 Å². The van der Waals surface area contributed by atoms with Crippen molar-refractivity contribution in [1.82, 2.24) is 15.1 Å². The SMILES string of the molecule is COC(=O)c1c(NC(=O)C(=O)NC[C@H](C)Cn2ccc(C(F)(F)F)n2)sc(C)c1C. The highest BCUT2D eigenvalue weighted by Crippen LogP contribution is 2.33. The molecule has 0 aromatic carbocycles. The number of hydrogen-bond donors (Lipinski definition) is 2. The lowest BCUT2D eigenvalue weighted by atomic mass is 10.1. The van der Waals surface area contributed by atoms with Crippen LogP contribution in [-0.4, -0.2) is 41.2 Å². The first kappa shape index (κ1) is 23.4. The number of carbonyl (C=O) groups excluding carboxylic acids is 3. The summed E-state index contributed by atoms with van der Waals surface area (Å²) in [6, 6.07) is 0.864. The number of amides is 2. The van der Waals surface area contributed by atoms with Crippen LogP contribution in [-0.2, 0) is 27.0 Å². The zero-order valence-electron chi connectivity index (χ0n) is 16.7. The van der Waals surface area contributed by atoms with Crippen LogP contribution in [0.4, 0.5) is 18.2 Å². The smallest absolute Gasteiger partial charge is 0.435 e. The fraction of sp³-hybridized carbons (Fsp3) is 0.444. The van der Waals surface area contributed by atoms with Gasteiger partial charge in [0.2, 0.25) is 0 Å². The molecule has 0 spiro atoms. The summed E-state index contributed by atoms with van der Waals surface area (Å²) in [5.41, 5.74) is -0.164. The molecule has 8 nitrogen and oxygen atoms in total. The molecule has 12 heteroatoms. The summed E-state index contributed by atoms with van der Waals surface area (Å²) in [5, 5.41) is 8.47. The summed E-state index contributed by atoms with van der Waals surface area (Å²) < 4.78 is 43.6. The van der Waals surface area contributed by atoms with Crippen LogP contribution in [0.3, 0.4) is 0 Å². The van der Waals surface area contributed by atoms with Gasteiger partial charge in [0.1, 0.15) is 5.00 Å². The van der Waals surface area contributed by atoms with Crippen molar-refractivity contribution in [3.8, 4) is 0 Å². The fourth-order valence-electron chi connectivity index (χ4n) is 2.57. The molecule has 2 N–H and O–H groups in total. The summed E-state index contributed by atoms with van der Waals surface area (Å²) in [7, 11) is 1.21. The summed E-state index contributed by atoms with van der Waals surface area (Å²) in [6.07, 6.45) is -3.33. The van der Waals surface area contributed by atoms with Gasteiger partial charge < -0.3 is 15.4 Å². The molecule has 0 radical (unpaired) electrons. The van der Waals surface area contributed by atoms with Crippen LogP contribution in [0, 0.1) is 19.8 Å². The van der Waals surface area contributed by atoms with Crippen LogP contribution >= 0.6 is 11.3 Å². The van der Waals surface area contributed by atoms with Gasteiger partial charge in [-0.15, -0.1) is 11.3 Å². The van der Waals surface area contributed by atoms with Crippen LogP contribution < -0.4 is 10.6 Å². The largest absolute Gasteiger partial charge is 0.465 e. The van der Waals surface area contributed by atoms with Crippen molar-refractivity contribution in [2.45, 2.75) is 33.5 Å². The number of esters is 1. The van der Waals surface area contributed by atoms with Crippen molar-refractivity contribution in [1.29, 1.82) is 0 Å². The van der Waals surface area contributed by atoms with E-state index in [2.05, 4.69) is 15.7 Å². The topological polar surface area (TPSA) is 102 Å². The number of carbonyl (C=O) groups is 3. The van der Waals surface area contributed by atoms with Gasteiger partial charge in [-0.1, -0.05) is 6.92 Å². The second kappa shape index (κ2) is 9.28. The highest BCUT2D eigenvalue weighted by Gasteiger charge is 2.33. The maximum Gasteiger partial charge on any atom is 0.435 e. The molecular formula is C18H21F3N4O4S. The molecule has 2 amide bonds. The molecule has 2 rings (SSSR count). The van der Waals surface area contributed by atoms with Gasteiger partial charge in [-0.3, -0.25) is 14.3 Å². The Balaban J connectivity index is 1.92. The number of thiophene rings is 1. The second-order valence-corrected chi connectivity index (χ2v) is 7.89. The number of alkyl halides is 3. The van der Waals surface area contributed by atoms with E-state index in [1.165, 1.54) is 13.3 Å². The minimum absolute atomic E-state index is 0.0415. The van der Waals surface area contributed by atoms with Crippen LogP contribution in [0.1, 0.15) is 33.4 Å². The number of nitrogens with one attached hydrogen (secondary N) is 2. The Morgan fingerprint density at radius 2 is 1.93 bits per heavy atom. The maximum absolute atomic E-state index is 12.6. The third-order valence-electron chi connectivity index (χ3n) is 4.25. The minimum atomic E-state index is -4.53. The lowest BCUT2D eigenvalue weighted by molar-refractivity contribution is -0.141. The van der Waals surface area contributed by atoms with Crippen LogP contribution in [0.25, 0.3) is 0 Å². The molecule has 0 saturated heterocycles. The number of ether oxygens (including phenoxy) is 1. The molecule has 2 heterocycles. The van der Waals surface area contributed by atoms with Crippen molar-refractivity contribution in [3.63, 3.8) is 0 Å². The number of anilines is 1. The summed E-state index contributed by atoms with van der Waals surface area (Å²) in [5.74, 6) is -2.82. The summed E-state index contributed by atoms with van der Waals surface area (Å²) in [4.78, 5) is 37.0. The Kier molecular flexibility index (Phi) is 7.24. The number of nitrogens with zero attached hydrogens (tertiary/aromatic N) is 2. The molecule has 0 fully saturated rings. The van der Waals surface area contributed by atoms with Gasteiger partial charge in [-0.25, -0.2) is 4.79 Å². The molecule has 2 aromatic heterocycles. The number of methoxy groups -OCH3 is 1. The summed E-state index contributed by atoms with van der Waals surface area (Å²) >= 11 is 1.14. The number of rotatable bonds is 6. The van der Waals surface area contributed by atoms with E-state index in [1.54, 1.807) is 20.8 Å². The molecule has 0 aliphatic heterocycles. The van der Waals surface area contributed by atoms with Gasteiger partial charge >= 0.3 is 24.0 Å². The molecule has 0 bridgehead atoms. The molecule has 0 saturated carbocycles. The Morgan fingerprint density at radius 3 is 2.50 bits per heavy atom. The predicted octanol–water partition coefficient (Wildman–Crippen LogP) is 2.76. The van der Waals surface area contributed by atoms with Crippen molar-refractivity contribution in [3.05, 3.63) is 34.0 Å². The Bertz CT molecular complexity index is 952. The first-order chi connectivity index (χ1) is 13.9. The van der Waals surface area contributed by atoms with Crippen LogP contribution in [0.5, 0.6) is 0 Å². The van der Waals surface area contributed by atoms with Gasteiger partial charge in [0.15, 0.2) is 5.69 Å². The second-order valence-electron chi connectivity index (χ2n) is 6.67. The number of aromatic nitrogens is 2. The van der Waals surface area contributed by atoms with E-state index in [1.807, 2.05) is 0 Å². The molecule has 30 heavy (non-hydrogen) atoms. The van der Waals surface area contributed by atoms with E-state index >= 15 is 0 Å². The zero-order chi connectivity index (χ0) is 22.6. The van der Waals surface area contributed by atoms with E-state index < -0.39 is 29.7 Å². The minimum Gasteiger partial charge on any atom is -0.465 e. The average molecular weight is 446 g/mol. The first-order valence-corrected chi connectivity index (χ1v) is 9.63. The number of hydrogen-bond acceptors (Lipinski definition) is 6. The van der Waals surface area contributed by atoms with Crippen molar-refractivity contribution < 1.29 is 32.3 Å². The van der Waals surface area contributed by atoms with Gasteiger partial charge in [0.05, 0.1) is 12.7 Å². The Hall–Kier alpha value is -2.89. The highest BCUT2D eigenvalue weighted by atomic mass is 32.1. The van der Waals surface area contributed by atoms with Gasteiger partial charge in [-0.05, 0) is 31.4 Å². The maximum atomic E-state index is 12.6. The monoisotopic (exact) mass is 446 g/mol. The predicted molar refractivity (Wildman–Crippen MR) is 103 cm³/mol. The molecule has 0 aliphatic carbocycles. The first-order valence-electron chi connectivity index (χ1n) is 8.82. The van der Waals surface area contributed by atoms with Crippen molar-refractivity contribution in [2.75, 3.05) is 19.0 Å². The van der Waals surface area contributed by atoms with Gasteiger partial charge in [-0.2, -0.15) is 18.3 Å². The van der Waals surface area contributed by atoms with Crippen LogP contribution in [0.2, 0.25) is 0 Å². The van der Waals surface area contributed by atoms with E-state index in [4.69, 9.17) is 4.74 Å². The van der Waals surface area contributed by atoms with Crippen molar-refractivity contribution in [2.24, 2.45) is 5.92 Å². The van der Waals surface area contributed by atoms with Gasteiger partial charge in [0.25, 0.3) is 0 Å². The third kappa shape index (κ3) is 5.59. The normalized spacial score (nSPS) is 12.4. The van der Waals surface area contributed by atoms with E-state index in [-0.39, 0.29) is 29.6 Å². The quantitative estimate of drug-likeness (QED) is 0.525. The molecule has 2 aromatic rings. The molecule has 0 unspecified atom stereocenters. The average Bonchev–Trinajstić information content (AvgIpc) is 3.24. The van der Waals surface area contributed by atoms with Gasteiger partial charge in [0, 0.05) is 24.2 Å². The number of aryl methyl sites for hydroxylation is 1. The fourth-order valence-corrected chi connectivity index (χ4v) is 3.61. The number of halogens is 3. The summed E-state index contributed by atoms with van der Waals surface area (Å²) in [6.45, 7) is 5.32. The van der Waals surface area contributed by atoms with E-state index in [0.717, 1.165) is 27.0 Å². The standard InChI is InChI=1S/C18H21F3N4O4S/c1-9(8-25-6-5-12(24-25)18(19,20)21)7-22-14(26)15(27)23-16-13(17(28)29-4)10(2)11(3)30-16/h5-6,9H,7-8H2,1-4H3,(H,22,26)(H,23,27)/t9-/m0/s1. The van der Waals surface area contributed by atoms with E-state index in [9.17, 15) is 27.6 Å². The molecular weight excluding hydrogens is 425 g/mol. The lowest BCUT2D eigenvalue weighted by Crippen LogP contribution is -2.38. The van der Waals surface area contributed by atoms with E-state index in [0.29, 0.717) is 5.56 Å². The van der Waals surface area contributed by atoms with Crippen LogP contribution in [0.15, 0.2) is 12.3 Å².